The summed E-state index contributed by atoms with van der Waals surface area (Å²) in [6, 6.07) is 8.13. The fourth-order valence-electron chi connectivity index (χ4n) is 5.85. The molecule has 0 radical (unpaired) electrons. The molecule has 0 aliphatic carbocycles. The molecule has 0 atom stereocenters. The van der Waals surface area contributed by atoms with Crippen LogP contribution < -0.4 is 9.80 Å². The highest BCUT2D eigenvalue weighted by atomic mass is 19.3. The van der Waals surface area contributed by atoms with Crippen molar-refractivity contribution < 1.29 is 27.2 Å². The zero-order valence-electron chi connectivity index (χ0n) is 23.6. The first-order valence-electron chi connectivity index (χ1n) is 14.0. The van der Waals surface area contributed by atoms with E-state index in [0.29, 0.717) is 35.2 Å². The standard InChI is InChI=1S/C29H34F3N7O3/c1-19(41)37-11-7-23(8-12-37)38-13-9-24(10-14-38)39(18-40)25-6-4-21(30)15-26(25)36(2)17-22-5-3-20(16-33-22)28-34-35-29(42-28)27(31)32/h3-6,15-16,18,23-24,27H,7-14,17H2,1-2H3. The minimum atomic E-state index is -2.86. The van der Waals surface area contributed by atoms with Crippen LogP contribution in [0.2, 0.25) is 0 Å². The molecule has 0 unspecified atom stereocenters. The molecule has 10 nitrogen and oxygen atoms in total. The number of pyridine rings is 1. The van der Waals surface area contributed by atoms with Crippen LogP contribution in [0.3, 0.4) is 0 Å². The number of likely N-dealkylation sites (tertiary alicyclic amines) is 2. The van der Waals surface area contributed by atoms with E-state index < -0.39 is 18.1 Å². The molecule has 13 heteroatoms. The topological polar surface area (TPSA) is 98.9 Å². The Hall–Kier alpha value is -4.00. The summed E-state index contributed by atoms with van der Waals surface area (Å²) >= 11 is 0. The fraction of sp³-hybridized carbons (Fsp3) is 0.483. The fourth-order valence-corrected chi connectivity index (χ4v) is 5.85. The summed E-state index contributed by atoms with van der Waals surface area (Å²) in [5, 5.41) is 6.97. The normalized spacial score (nSPS) is 17.0. The Balaban J connectivity index is 1.24. The molecular weight excluding hydrogens is 551 g/mol. The van der Waals surface area contributed by atoms with Gasteiger partial charge in [0.1, 0.15) is 5.82 Å². The number of amides is 2. The van der Waals surface area contributed by atoms with Crippen LogP contribution in [0.5, 0.6) is 0 Å². The van der Waals surface area contributed by atoms with E-state index in [-0.39, 0.29) is 17.8 Å². The van der Waals surface area contributed by atoms with Gasteiger partial charge in [-0.1, -0.05) is 0 Å². The Labute approximate surface area is 242 Å². The number of benzene rings is 1. The first-order valence-corrected chi connectivity index (χ1v) is 14.0. The second-order valence-corrected chi connectivity index (χ2v) is 10.8. The van der Waals surface area contributed by atoms with Gasteiger partial charge in [-0.3, -0.25) is 14.6 Å². The van der Waals surface area contributed by atoms with Crippen molar-refractivity contribution in [1.29, 1.82) is 0 Å². The Morgan fingerprint density at radius 1 is 1.07 bits per heavy atom. The van der Waals surface area contributed by atoms with Gasteiger partial charge in [0.15, 0.2) is 0 Å². The minimum absolute atomic E-state index is 0.0291. The van der Waals surface area contributed by atoms with E-state index in [4.69, 9.17) is 4.42 Å². The molecule has 224 valence electrons. The van der Waals surface area contributed by atoms with E-state index in [9.17, 15) is 22.8 Å². The number of anilines is 2. The first kappa shape index (κ1) is 29.5. The van der Waals surface area contributed by atoms with Gasteiger partial charge in [0.05, 0.1) is 29.2 Å². The molecule has 2 saturated heterocycles. The quantitative estimate of drug-likeness (QED) is 0.343. The van der Waals surface area contributed by atoms with E-state index in [2.05, 4.69) is 20.1 Å². The van der Waals surface area contributed by atoms with Crippen LogP contribution in [-0.2, 0) is 16.1 Å². The Morgan fingerprint density at radius 2 is 1.81 bits per heavy atom. The molecule has 2 aliphatic rings. The number of alkyl halides is 2. The molecule has 42 heavy (non-hydrogen) atoms. The monoisotopic (exact) mass is 585 g/mol. The van der Waals surface area contributed by atoms with Crippen molar-refractivity contribution in [3.05, 3.63) is 53.9 Å². The SMILES string of the molecule is CC(=O)N1CCC(N2CCC(N(C=O)c3ccc(F)cc3N(C)Cc3ccc(-c4nnc(C(F)F)o4)cn3)CC2)CC1. The smallest absolute Gasteiger partial charge is 0.314 e. The van der Waals surface area contributed by atoms with Gasteiger partial charge in [-0.15, -0.1) is 10.2 Å². The maximum absolute atomic E-state index is 14.4. The average Bonchev–Trinajstić information content (AvgIpc) is 3.50. The van der Waals surface area contributed by atoms with Crippen LogP contribution in [0, 0.1) is 5.82 Å². The number of hydrogen-bond acceptors (Lipinski definition) is 8. The van der Waals surface area contributed by atoms with E-state index in [0.717, 1.165) is 58.3 Å². The third kappa shape index (κ3) is 6.56. The molecule has 2 aromatic heterocycles. The number of rotatable bonds is 9. The van der Waals surface area contributed by atoms with E-state index in [1.54, 1.807) is 37.1 Å². The van der Waals surface area contributed by atoms with Gasteiger partial charge in [-0.05, 0) is 56.0 Å². The highest BCUT2D eigenvalue weighted by molar-refractivity contribution is 5.84. The third-order valence-electron chi connectivity index (χ3n) is 8.16. The van der Waals surface area contributed by atoms with Crippen LogP contribution in [0.25, 0.3) is 11.5 Å². The molecule has 3 aromatic rings. The zero-order valence-corrected chi connectivity index (χ0v) is 23.6. The second-order valence-electron chi connectivity index (χ2n) is 10.8. The molecule has 2 aliphatic heterocycles. The van der Waals surface area contributed by atoms with Gasteiger partial charge in [0.25, 0.3) is 5.89 Å². The number of carbonyl (C=O) groups is 2. The van der Waals surface area contributed by atoms with E-state index >= 15 is 0 Å². The van der Waals surface area contributed by atoms with Crippen molar-refractivity contribution in [3.8, 4) is 11.5 Å². The third-order valence-corrected chi connectivity index (χ3v) is 8.16. The second kappa shape index (κ2) is 12.9. The summed E-state index contributed by atoms with van der Waals surface area (Å²) in [7, 11) is 1.79. The highest BCUT2D eigenvalue weighted by Gasteiger charge is 2.32. The maximum atomic E-state index is 14.4. The van der Waals surface area contributed by atoms with Crippen LogP contribution in [-0.4, -0.2) is 82.6 Å². The summed E-state index contributed by atoms with van der Waals surface area (Å²) < 4.78 is 45.0. The van der Waals surface area contributed by atoms with Crippen LogP contribution in [0.4, 0.5) is 24.5 Å². The molecule has 4 heterocycles. The van der Waals surface area contributed by atoms with Crippen LogP contribution in [0.15, 0.2) is 40.9 Å². The summed E-state index contributed by atoms with van der Waals surface area (Å²) in [5.74, 6) is -1.11. The lowest BCUT2D eigenvalue weighted by Crippen LogP contribution is -2.51. The number of piperidine rings is 2. The first-order chi connectivity index (χ1) is 20.2. The highest BCUT2D eigenvalue weighted by Crippen LogP contribution is 2.34. The zero-order chi connectivity index (χ0) is 29.8. The van der Waals surface area contributed by atoms with Crippen molar-refractivity contribution in [3.63, 3.8) is 0 Å². The number of aromatic nitrogens is 3. The summed E-state index contributed by atoms with van der Waals surface area (Å²) in [5.41, 5.74) is 2.19. The molecule has 0 spiro atoms. The Morgan fingerprint density at radius 3 is 2.40 bits per heavy atom. The van der Waals surface area contributed by atoms with Crippen molar-refractivity contribution in [2.75, 3.05) is 43.0 Å². The van der Waals surface area contributed by atoms with Crippen molar-refractivity contribution >= 4 is 23.7 Å². The van der Waals surface area contributed by atoms with Gasteiger partial charge in [-0.2, -0.15) is 8.78 Å². The molecule has 0 saturated carbocycles. The lowest BCUT2D eigenvalue weighted by Gasteiger charge is -2.43. The van der Waals surface area contributed by atoms with Crippen LogP contribution >= 0.6 is 0 Å². The lowest BCUT2D eigenvalue weighted by atomic mass is 9.96. The average molecular weight is 586 g/mol. The number of carbonyl (C=O) groups excluding carboxylic acids is 2. The molecule has 2 fully saturated rings. The van der Waals surface area contributed by atoms with Gasteiger partial charge in [0, 0.05) is 58.4 Å². The molecule has 0 bridgehead atoms. The molecule has 2 amide bonds. The lowest BCUT2D eigenvalue weighted by molar-refractivity contribution is -0.130. The Kier molecular flexibility index (Phi) is 9.05. The number of hydrogen-bond donors (Lipinski definition) is 0. The van der Waals surface area contributed by atoms with Crippen LogP contribution in [0.1, 0.15) is 50.6 Å². The van der Waals surface area contributed by atoms with Gasteiger partial charge >= 0.3 is 6.43 Å². The maximum Gasteiger partial charge on any atom is 0.314 e. The van der Waals surface area contributed by atoms with Gasteiger partial charge in [-0.25, -0.2) is 4.39 Å². The van der Waals surface area contributed by atoms with Gasteiger partial charge in [0.2, 0.25) is 18.2 Å². The number of nitrogens with zero attached hydrogens (tertiary/aromatic N) is 7. The van der Waals surface area contributed by atoms with E-state index in [1.165, 1.54) is 18.3 Å². The Bertz CT molecular complexity index is 1370. The predicted molar refractivity (Wildman–Crippen MR) is 149 cm³/mol. The van der Waals surface area contributed by atoms with Crippen molar-refractivity contribution in [2.24, 2.45) is 0 Å². The summed E-state index contributed by atoms with van der Waals surface area (Å²) in [6.45, 7) is 5.16. The number of halogens is 3. The molecular formula is C29H34F3N7O3. The summed E-state index contributed by atoms with van der Waals surface area (Å²) in [6.07, 6.45) is 2.90. The largest absolute Gasteiger partial charge is 0.415 e. The van der Waals surface area contributed by atoms with Crippen molar-refractivity contribution in [1.82, 2.24) is 25.0 Å². The minimum Gasteiger partial charge on any atom is -0.415 e. The summed E-state index contributed by atoms with van der Waals surface area (Å²) in [4.78, 5) is 36.3. The molecule has 1 aromatic carbocycles. The predicted octanol–water partition coefficient (Wildman–Crippen LogP) is 4.28. The van der Waals surface area contributed by atoms with E-state index in [1.807, 2.05) is 9.80 Å². The van der Waals surface area contributed by atoms with Crippen molar-refractivity contribution in [2.45, 2.75) is 57.7 Å². The molecule has 0 N–H and O–H groups in total. The molecule has 5 rings (SSSR count). The van der Waals surface area contributed by atoms with Gasteiger partial charge < -0.3 is 24.0 Å².